The number of halogens is 1. The van der Waals surface area contributed by atoms with Gasteiger partial charge >= 0.3 is 0 Å². The van der Waals surface area contributed by atoms with E-state index in [4.69, 9.17) is 9.47 Å². The van der Waals surface area contributed by atoms with E-state index in [9.17, 15) is 4.39 Å². The Morgan fingerprint density at radius 3 is 2.65 bits per heavy atom. The fourth-order valence-corrected chi connectivity index (χ4v) is 3.42. The molecule has 20 heavy (non-hydrogen) atoms. The molecule has 2 rings (SSSR count). The number of piperidine rings is 1. The molecule has 1 atom stereocenters. The van der Waals surface area contributed by atoms with E-state index in [1.807, 2.05) is 6.26 Å². The molecule has 1 aromatic rings. The van der Waals surface area contributed by atoms with Crippen LogP contribution < -0.4 is 14.8 Å². The summed E-state index contributed by atoms with van der Waals surface area (Å²) in [5.41, 5.74) is 0.897. The van der Waals surface area contributed by atoms with E-state index < -0.39 is 0 Å². The minimum atomic E-state index is -0.228. The van der Waals surface area contributed by atoms with Crippen LogP contribution in [0.15, 0.2) is 11.0 Å². The van der Waals surface area contributed by atoms with Crippen LogP contribution in [0.1, 0.15) is 18.4 Å². The summed E-state index contributed by atoms with van der Waals surface area (Å²) < 4.78 is 25.0. The second kappa shape index (κ2) is 7.18. The number of nitrogens with one attached hydrogen (secondary N) is 1. The van der Waals surface area contributed by atoms with E-state index in [1.54, 1.807) is 20.3 Å². The zero-order valence-corrected chi connectivity index (χ0v) is 13.1. The fourth-order valence-electron chi connectivity index (χ4n) is 2.80. The molecule has 1 aliphatic heterocycles. The molecular weight excluding hydrogens is 277 g/mol. The third-order valence-corrected chi connectivity index (χ3v) is 4.53. The molecule has 0 spiro atoms. The van der Waals surface area contributed by atoms with Crippen molar-refractivity contribution in [3.05, 3.63) is 17.4 Å². The molecule has 0 radical (unpaired) electrons. The van der Waals surface area contributed by atoms with E-state index >= 15 is 0 Å². The van der Waals surface area contributed by atoms with Crippen LogP contribution in [-0.2, 0) is 6.42 Å². The third-order valence-electron chi connectivity index (χ3n) is 3.74. The van der Waals surface area contributed by atoms with Crippen molar-refractivity contribution in [3.63, 3.8) is 0 Å². The van der Waals surface area contributed by atoms with Crippen molar-refractivity contribution in [2.75, 3.05) is 33.6 Å². The van der Waals surface area contributed by atoms with Crippen molar-refractivity contribution >= 4 is 11.8 Å². The SMILES string of the molecule is COc1c(CC2CCCNC2)cc(F)c(SC)c1OC. The molecule has 0 aromatic heterocycles. The summed E-state index contributed by atoms with van der Waals surface area (Å²) in [5, 5.41) is 3.39. The average Bonchev–Trinajstić information content (AvgIpc) is 2.47. The summed E-state index contributed by atoms with van der Waals surface area (Å²) in [6, 6.07) is 1.60. The van der Waals surface area contributed by atoms with Gasteiger partial charge in [-0.3, -0.25) is 0 Å². The van der Waals surface area contributed by atoms with Crippen LogP contribution in [0.4, 0.5) is 4.39 Å². The van der Waals surface area contributed by atoms with Gasteiger partial charge in [-0.15, -0.1) is 11.8 Å². The zero-order chi connectivity index (χ0) is 14.5. The molecule has 0 bridgehead atoms. The number of rotatable bonds is 5. The Balaban J connectivity index is 2.33. The second-order valence-electron chi connectivity index (χ2n) is 5.03. The first kappa shape index (κ1) is 15.4. The molecule has 0 saturated carbocycles. The predicted molar refractivity (Wildman–Crippen MR) is 80.6 cm³/mol. The Morgan fingerprint density at radius 1 is 1.35 bits per heavy atom. The summed E-state index contributed by atoms with van der Waals surface area (Å²) >= 11 is 1.34. The highest BCUT2D eigenvalue weighted by atomic mass is 32.2. The van der Waals surface area contributed by atoms with Gasteiger partial charge in [-0.25, -0.2) is 4.39 Å². The first-order chi connectivity index (χ1) is 9.71. The summed E-state index contributed by atoms with van der Waals surface area (Å²) in [5.74, 6) is 1.48. The van der Waals surface area contributed by atoms with Crippen LogP contribution in [0.2, 0.25) is 0 Å². The molecule has 112 valence electrons. The van der Waals surface area contributed by atoms with Gasteiger partial charge in [0.15, 0.2) is 11.5 Å². The van der Waals surface area contributed by atoms with Crippen LogP contribution in [0.5, 0.6) is 11.5 Å². The van der Waals surface area contributed by atoms with Crippen molar-refractivity contribution in [1.82, 2.24) is 5.32 Å². The summed E-state index contributed by atoms with van der Waals surface area (Å²) in [6.07, 6.45) is 5.00. The minimum Gasteiger partial charge on any atom is -0.493 e. The van der Waals surface area contributed by atoms with Crippen LogP contribution in [0.3, 0.4) is 0 Å². The van der Waals surface area contributed by atoms with Crippen molar-refractivity contribution < 1.29 is 13.9 Å². The molecular formula is C15H22FNO2S. The van der Waals surface area contributed by atoms with Gasteiger partial charge in [0.1, 0.15) is 5.82 Å². The van der Waals surface area contributed by atoms with Gasteiger partial charge in [0.05, 0.1) is 19.1 Å². The first-order valence-corrected chi connectivity index (χ1v) is 8.11. The van der Waals surface area contributed by atoms with Gasteiger partial charge in [-0.05, 0) is 50.6 Å². The van der Waals surface area contributed by atoms with Crippen LogP contribution >= 0.6 is 11.8 Å². The molecule has 1 N–H and O–H groups in total. The molecule has 3 nitrogen and oxygen atoms in total. The molecule has 1 saturated heterocycles. The lowest BCUT2D eigenvalue weighted by atomic mass is 9.91. The maximum Gasteiger partial charge on any atom is 0.177 e. The number of ether oxygens (including phenoxy) is 2. The lowest BCUT2D eigenvalue weighted by Gasteiger charge is -2.24. The second-order valence-corrected chi connectivity index (χ2v) is 5.85. The lowest BCUT2D eigenvalue weighted by Crippen LogP contribution is -2.31. The van der Waals surface area contributed by atoms with Gasteiger partial charge in [-0.1, -0.05) is 0 Å². The number of methoxy groups -OCH3 is 2. The molecule has 1 aromatic carbocycles. The standard InChI is InChI=1S/C15H22FNO2S/c1-18-13-11(7-10-5-4-6-17-9-10)8-12(16)15(20-3)14(13)19-2/h8,10,17H,4-7,9H2,1-3H3. The highest BCUT2D eigenvalue weighted by Gasteiger charge is 2.22. The Labute approximate surface area is 124 Å². The topological polar surface area (TPSA) is 30.5 Å². The van der Waals surface area contributed by atoms with Crippen molar-refractivity contribution in [2.24, 2.45) is 5.92 Å². The monoisotopic (exact) mass is 299 g/mol. The van der Waals surface area contributed by atoms with Crippen molar-refractivity contribution in [3.8, 4) is 11.5 Å². The molecule has 0 aliphatic carbocycles. The highest BCUT2D eigenvalue weighted by molar-refractivity contribution is 7.98. The maximum atomic E-state index is 14.2. The normalized spacial score (nSPS) is 18.9. The Morgan fingerprint density at radius 2 is 2.10 bits per heavy atom. The van der Waals surface area contributed by atoms with Gasteiger partial charge < -0.3 is 14.8 Å². The van der Waals surface area contributed by atoms with Gasteiger partial charge in [0.2, 0.25) is 0 Å². The molecule has 0 amide bonds. The Bertz CT molecular complexity index is 462. The largest absolute Gasteiger partial charge is 0.493 e. The fraction of sp³-hybridized carbons (Fsp3) is 0.600. The highest BCUT2D eigenvalue weighted by Crippen LogP contribution is 2.42. The Kier molecular flexibility index (Phi) is 5.54. The van der Waals surface area contributed by atoms with E-state index in [0.29, 0.717) is 22.3 Å². The number of hydrogen-bond donors (Lipinski definition) is 1. The first-order valence-electron chi connectivity index (χ1n) is 6.89. The van der Waals surface area contributed by atoms with Gasteiger partial charge in [-0.2, -0.15) is 0 Å². The van der Waals surface area contributed by atoms with Crippen LogP contribution in [0.25, 0.3) is 0 Å². The molecule has 1 fully saturated rings. The maximum absolute atomic E-state index is 14.2. The molecule has 1 aliphatic rings. The van der Waals surface area contributed by atoms with Crippen LogP contribution in [-0.4, -0.2) is 33.6 Å². The smallest absolute Gasteiger partial charge is 0.177 e. The quantitative estimate of drug-likeness (QED) is 0.846. The number of thioether (sulfide) groups is 1. The van der Waals surface area contributed by atoms with Crippen molar-refractivity contribution in [2.45, 2.75) is 24.2 Å². The number of hydrogen-bond acceptors (Lipinski definition) is 4. The van der Waals surface area contributed by atoms with E-state index in [1.165, 1.54) is 24.6 Å². The molecule has 5 heteroatoms. The van der Waals surface area contributed by atoms with E-state index in [0.717, 1.165) is 25.1 Å². The van der Waals surface area contributed by atoms with Crippen molar-refractivity contribution in [1.29, 1.82) is 0 Å². The minimum absolute atomic E-state index is 0.228. The summed E-state index contributed by atoms with van der Waals surface area (Å²) in [7, 11) is 3.17. The number of benzene rings is 1. The zero-order valence-electron chi connectivity index (χ0n) is 12.3. The molecule has 1 unspecified atom stereocenters. The van der Waals surface area contributed by atoms with E-state index in [-0.39, 0.29) is 5.82 Å². The van der Waals surface area contributed by atoms with Gasteiger partial charge in [0.25, 0.3) is 0 Å². The molecule has 1 heterocycles. The lowest BCUT2D eigenvalue weighted by molar-refractivity contribution is 0.330. The van der Waals surface area contributed by atoms with E-state index in [2.05, 4.69) is 5.32 Å². The summed E-state index contributed by atoms with van der Waals surface area (Å²) in [4.78, 5) is 0.509. The average molecular weight is 299 g/mol. The predicted octanol–water partition coefficient (Wildman–Crippen LogP) is 3.11. The van der Waals surface area contributed by atoms with Crippen LogP contribution in [0, 0.1) is 11.7 Å². The summed E-state index contributed by atoms with van der Waals surface area (Å²) in [6.45, 7) is 2.06. The van der Waals surface area contributed by atoms with Gasteiger partial charge in [0, 0.05) is 5.56 Å². The third kappa shape index (κ3) is 3.20. The Hall–Kier alpha value is -0.940.